The zero-order valence-corrected chi connectivity index (χ0v) is 10.8. The van der Waals surface area contributed by atoms with Crippen molar-refractivity contribution in [3.63, 3.8) is 0 Å². The van der Waals surface area contributed by atoms with Gasteiger partial charge in [0.05, 0.1) is 6.20 Å². The maximum atomic E-state index is 5.68. The number of benzene rings is 1. The number of hydrogen-bond acceptors (Lipinski definition) is 4. The first-order valence-corrected chi connectivity index (χ1v) is 6.05. The first-order valence-electron chi connectivity index (χ1n) is 6.05. The van der Waals surface area contributed by atoms with Crippen molar-refractivity contribution in [3.8, 4) is 5.75 Å². The van der Waals surface area contributed by atoms with Crippen LogP contribution in [0.1, 0.15) is 18.2 Å². The molecule has 0 unspecified atom stereocenters. The van der Waals surface area contributed by atoms with Gasteiger partial charge >= 0.3 is 0 Å². The van der Waals surface area contributed by atoms with Crippen molar-refractivity contribution >= 4 is 0 Å². The van der Waals surface area contributed by atoms with Gasteiger partial charge in [-0.25, -0.2) is 0 Å². The van der Waals surface area contributed by atoms with E-state index in [1.807, 2.05) is 31.4 Å². The molecule has 5 heteroatoms. The van der Waals surface area contributed by atoms with E-state index in [2.05, 4.69) is 28.6 Å². The fraction of sp³-hybridized carbons (Fsp3) is 0.385. The number of aryl methyl sites for hydroxylation is 1. The van der Waals surface area contributed by atoms with Gasteiger partial charge in [-0.2, -0.15) is 0 Å². The highest BCUT2D eigenvalue weighted by Crippen LogP contribution is 2.14. The molecule has 1 N–H and O–H groups in total. The van der Waals surface area contributed by atoms with E-state index >= 15 is 0 Å². The third kappa shape index (κ3) is 3.56. The van der Waals surface area contributed by atoms with E-state index in [-0.39, 0.29) is 0 Å². The van der Waals surface area contributed by atoms with Crippen molar-refractivity contribution < 1.29 is 4.74 Å². The quantitative estimate of drug-likeness (QED) is 0.839. The van der Waals surface area contributed by atoms with Crippen molar-refractivity contribution in [2.45, 2.75) is 20.1 Å². The van der Waals surface area contributed by atoms with E-state index in [0.717, 1.165) is 24.5 Å². The molecule has 1 aromatic carbocycles. The summed E-state index contributed by atoms with van der Waals surface area (Å²) in [6.07, 6.45) is 1.85. The summed E-state index contributed by atoms with van der Waals surface area (Å²) in [6.45, 7) is 4.36. The number of nitrogens with zero attached hydrogens (tertiary/aromatic N) is 3. The Balaban J connectivity index is 1.92. The van der Waals surface area contributed by atoms with Crippen LogP contribution >= 0.6 is 0 Å². The molecule has 2 rings (SSSR count). The van der Waals surface area contributed by atoms with E-state index < -0.39 is 0 Å². The molecular formula is C13H18N4O. The smallest absolute Gasteiger partial charge is 0.134 e. The maximum absolute atomic E-state index is 5.68. The molecule has 0 radical (unpaired) electrons. The summed E-state index contributed by atoms with van der Waals surface area (Å²) in [5, 5.41) is 11.1. The molecule has 0 saturated carbocycles. The van der Waals surface area contributed by atoms with Gasteiger partial charge in [0.25, 0.3) is 0 Å². The summed E-state index contributed by atoms with van der Waals surface area (Å²) in [6, 6.07) is 8.07. The van der Waals surface area contributed by atoms with Crippen LogP contribution in [0, 0.1) is 0 Å². The maximum Gasteiger partial charge on any atom is 0.134 e. The van der Waals surface area contributed by atoms with Gasteiger partial charge in [-0.05, 0) is 24.2 Å². The second-order valence-corrected chi connectivity index (χ2v) is 4.10. The molecular weight excluding hydrogens is 228 g/mol. The van der Waals surface area contributed by atoms with Crippen LogP contribution in [0.15, 0.2) is 30.5 Å². The molecule has 5 nitrogen and oxygen atoms in total. The second-order valence-electron chi connectivity index (χ2n) is 4.10. The Morgan fingerprint density at radius 3 is 3.00 bits per heavy atom. The number of rotatable bonds is 6. The minimum atomic E-state index is 0.443. The lowest BCUT2D eigenvalue weighted by Gasteiger charge is -2.07. The van der Waals surface area contributed by atoms with E-state index in [1.165, 1.54) is 5.56 Å². The Morgan fingerprint density at radius 1 is 1.39 bits per heavy atom. The van der Waals surface area contributed by atoms with Gasteiger partial charge in [-0.15, -0.1) is 5.10 Å². The van der Waals surface area contributed by atoms with Gasteiger partial charge in [0, 0.05) is 13.6 Å². The lowest BCUT2D eigenvalue weighted by atomic mass is 10.2. The number of aromatic nitrogens is 3. The minimum absolute atomic E-state index is 0.443. The highest BCUT2D eigenvalue weighted by molar-refractivity contribution is 5.28. The molecule has 0 spiro atoms. The molecule has 0 aliphatic rings. The summed E-state index contributed by atoms with van der Waals surface area (Å²) in [4.78, 5) is 0. The summed E-state index contributed by atoms with van der Waals surface area (Å²) in [5.74, 6) is 0.857. The molecule has 1 aromatic heterocycles. The molecule has 0 amide bonds. The summed E-state index contributed by atoms with van der Waals surface area (Å²) in [5.41, 5.74) is 2.04. The largest absolute Gasteiger partial charge is 0.487 e. The molecule has 0 bridgehead atoms. The van der Waals surface area contributed by atoms with Gasteiger partial charge in [0.15, 0.2) is 0 Å². The molecule has 2 aromatic rings. The predicted molar refractivity (Wildman–Crippen MR) is 69.2 cm³/mol. The Morgan fingerprint density at radius 2 is 2.28 bits per heavy atom. The highest BCUT2D eigenvalue weighted by atomic mass is 16.5. The fourth-order valence-corrected chi connectivity index (χ4v) is 1.63. The standard InChI is InChI=1S/C13H18N4O/c1-3-14-8-11-5-4-6-13(7-11)18-10-12-9-17(2)16-15-12/h4-7,9,14H,3,8,10H2,1-2H3. The highest BCUT2D eigenvalue weighted by Gasteiger charge is 2.01. The molecule has 0 saturated heterocycles. The molecule has 1 heterocycles. The molecule has 96 valence electrons. The zero-order valence-electron chi connectivity index (χ0n) is 10.8. The molecule has 0 atom stereocenters. The average Bonchev–Trinajstić information content (AvgIpc) is 2.80. The third-order valence-electron chi connectivity index (χ3n) is 2.51. The van der Waals surface area contributed by atoms with Crippen molar-refractivity contribution in [2.24, 2.45) is 7.05 Å². The Bertz CT molecular complexity index is 495. The third-order valence-corrected chi connectivity index (χ3v) is 2.51. The molecule has 0 aliphatic carbocycles. The first-order chi connectivity index (χ1) is 8.78. The van der Waals surface area contributed by atoms with Crippen molar-refractivity contribution in [1.82, 2.24) is 20.3 Å². The van der Waals surface area contributed by atoms with Gasteiger partial charge in [-0.1, -0.05) is 24.3 Å². The van der Waals surface area contributed by atoms with E-state index in [4.69, 9.17) is 4.74 Å². The molecule has 18 heavy (non-hydrogen) atoms. The van der Waals surface area contributed by atoms with Gasteiger partial charge < -0.3 is 10.1 Å². The van der Waals surface area contributed by atoms with Crippen LogP contribution in [0.5, 0.6) is 5.75 Å². The van der Waals surface area contributed by atoms with Crippen LogP contribution in [0.3, 0.4) is 0 Å². The second kappa shape index (κ2) is 6.16. The lowest BCUT2D eigenvalue weighted by Crippen LogP contribution is -2.11. The van der Waals surface area contributed by atoms with E-state index in [9.17, 15) is 0 Å². The summed E-state index contributed by atoms with van der Waals surface area (Å²) in [7, 11) is 1.84. The lowest BCUT2D eigenvalue weighted by molar-refractivity contribution is 0.301. The van der Waals surface area contributed by atoms with Crippen LogP contribution in [0.2, 0.25) is 0 Å². The summed E-state index contributed by atoms with van der Waals surface area (Å²) < 4.78 is 7.35. The van der Waals surface area contributed by atoms with Gasteiger partial charge in [-0.3, -0.25) is 4.68 Å². The minimum Gasteiger partial charge on any atom is -0.487 e. The molecule has 0 fully saturated rings. The van der Waals surface area contributed by atoms with Crippen LogP contribution < -0.4 is 10.1 Å². The monoisotopic (exact) mass is 246 g/mol. The van der Waals surface area contributed by atoms with Crippen molar-refractivity contribution in [2.75, 3.05) is 6.54 Å². The number of nitrogens with one attached hydrogen (secondary N) is 1. The van der Waals surface area contributed by atoms with Crippen molar-refractivity contribution in [1.29, 1.82) is 0 Å². The average molecular weight is 246 g/mol. The van der Waals surface area contributed by atoms with Crippen LogP contribution in [-0.4, -0.2) is 21.5 Å². The van der Waals surface area contributed by atoms with Crippen LogP contribution in [0.25, 0.3) is 0 Å². The number of hydrogen-bond donors (Lipinski definition) is 1. The van der Waals surface area contributed by atoms with Crippen LogP contribution in [-0.2, 0) is 20.2 Å². The van der Waals surface area contributed by atoms with Gasteiger partial charge in [0.2, 0.25) is 0 Å². The Hall–Kier alpha value is -1.88. The van der Waals surface area contributed by atoms with Gasteiger partial charge in [0.1, 0.15) is 18.1 Å². The predicted octanol–water partition coefficient (Wildman–Crippen LogP) is 1.50. The fourth-order valence-electron chi connectivity index (χ4n) is 1.63. The first kappa shape index (κ1) is 12.6. The Kier molecular flexibility index (Phi) is 4.30. The van der Waals surface area contributed by atoms with Crippen molar-refractivity contribution in [3.05, 3.63) is 41.7 Å². The SMILES string of the molecule is CCNCc1cccc(OCc2cn(C)nn2)c1. The van der Waals surface area contributed by atoms with E-state index in [1.54, 1.807) is 4.68 Å². The van der Waals surface area contributed by atoms with Crippen LogP contribution in [0.4, 0.5) is 0 Å². The molecule has 0 aliphatic heterocycles. The summed E-state index contributed by atoms with van der Waals surface area (Å²) >= 11 is 0. The normalized spacial score (nSPS) is 10.6. The van der Waals surface area contributed by atoms with E-state index in [0.29, 0.717) is 6.61 Å². The Labute approximate surface area is 107 Å². The zero-order chi connectivity index (χ0) is 12.8. The number of ether oxygens (including phenoxy) is 1. The topological polar surface area (TPSA) is 52.0 Å².